The number of benzene rings is 1. The summed E-state index contributed by atoms with van der Waals surface area (Å²) in [4.78, 5) is 33.8. The fraction of sp³-hybridized carbons (Fsp3) is 0.308. The van der Waals surface area contributed by atoms with Crippen molar-refractivity contribution in [1.82, 2.24) is 10.6 Å². The SMILES string of the molecule is CC(O)C(NC(=O)CNC(=O)Nc1ccccc1)C(=O)O. The predicted molar refractivity (Wildman–Crippen MR) is 74.7 cm³/mol. The Morgan fingerprint density at radius 1 is 1.19 bits per heavy atom. The molecule has 0 bridgehead atoms. The first-order valence-corrected chi connectivity index (χ1v) is 6.20. The molecule has 8 heteroatoms. The number of carbonyl (C=O) groups is 3. The third-order valence-corrected chi connectivity index (χ3v) is 2.51. The van der Waals surface area contributed by atoms with Crippen molar-refractivity contribution in [3.05, 3.63) is 30.3 Å². The van der Waals surface area contributed by atoms with Crippen LogP contribution in [0, 0.1) is 0 Å². The molecule has 3 amide bonds. The first-order chi connectivity index (χ1) is 9.90. The number of amides is 3. The number of anilines is 1. The molecule has 0 saturated heterocycles. The molecule has 1 rings (SSSR count). The third kappa shape index (κ3) is 5.91. The molecule has 0 fully saturated rings. The van der Waals surface area contributed by atoms with E-state index in [1.807, 2.05) is 0 Å². The molecule has 0 aliphatic rings. The van der Waals surface area contributed by atoms with Crippen LogP contribution in [-0.2, 0) is 9.59 Å². The van der Waals surface area contributed by atoms with E-state index in [-0.39, 0.29) is 0 Å². The number of carboxylic acid groups (broad SMARTS) is 1. The van der Waals surface area contributed by atoms with Gasteiger partial charge in [0.25, 0.3) is 0 Å². The van der Waals surface area contributed by atoms with Crippen LogP contribution in [0.5, 0.6) is 0 Å². The predicted octanol–water partition coefficient (Wildman–Crippen LogP) is -0.242. The van der Waals surface area contributed by atoms with Gasteiger partial charge >= 0.3 is 12.0 Å². The molecule has 0 saturated carbocycles. The molecular weight excluding hydrogens is 278 g/mol. The van der Waals surface area contributed by atoms with Crippen LogP contribution in [-0.4, -0.2) is 46.8 Å². The van der Waals surface area contributed by atoms with Crippen molar-refractivity contribution < 1.29 is 24.6 Å². The molecule has 0 aromatic heterocycles. The molecule has 5 N–H and O–H groups in total. The standard InChI is InChI=1S/C13H17N3O5/c1-8(17)11(12(19)20)16-10(18)7-14-13(21)15-9-5-3-2-4-6-9/h2-6,8,11,17H,7H2,1H3,(H,16,18)(H,19,20)(H2,14,15,21). The number of hydrogen-bond donors (Lipinski definition) is 5. The number of aliphatic hydroxyl groups is 1. The second kappa shape index (κ2) is 7.85. The molecule has 0 spiro atoms. The van der Waals surface area contributed by atoms with Crippen LogP contribution in [0.4, 0.5) is 10.5 Å². The summed E-state index contributed by atoms with van der Waals surface area (Å²) in [7, 11) is 0. The van der Waals surface area contributed by atoms with Gasteiger partial charge in [0.15, 0.2) is 6.04 Å². The summed E-state index contributed by atoms with van der Waals surface area (Å²) in [6.45, 7) is 0.837. The van der Waals surface area contributed by atoms with E-state index < -0.39 is 36.6 Å². The Balaban J connectivity index is 2.39. The maximum atomic E-state index is 11.5. The van der Waals surface area contributed by atoms with Crippen LogP contribution >= 0.6 is 0 Å². The molecule has 0 aliphatic heterocycles. The van der Waals surface area contributed by atoms with E-state index in [4.69, 9.17) is 5.11 Å². The Morgan fingerprint density at radius 2 is 1.81 bits per heavy atom. The van der Waals surface area contributed by atoms with E-state index in [1.165, 1.54) is 6.92 Å². The summed E-state index contributed by atoms with van der Waals surface area (Å²) >= 11 is 0. The van der Waals surface area contributed by atoms with Gasteiger partial charge in [-0.15, -0.1) is 0 Å². The van der Waals surface area contributed by atoms with Crippen LogP contribution < -0.4 is 16.0 Å². The van der Waals surface area contributed by atoms with Crippen molar-refractivity contribution in [2.45, 2.75) is 19.1 Å². The lowest BCUT2D eigenvalue weighted by Gasteiger charge is -2.17. The second-order valence-electron chi connectivity index (χ2n) is 4.30. The highest BCUT2D eigenvalue weighted by molar-refractivity contribution is 5.93. The molecule has 114 valence electrons. The topological polar surface area (TPSA) is 128 Å². The monoisotopic (exact) mass is 295 g/mol. The summed E-state index contributed by atoms with van der Waals surface area (Å²) in [6, 6.07) is 6.60. The van der Waals surface area contributed by atoms with E-state index in [9.17, 15) is 19.5 Å². The Bertz CT molecular complexity index is 504. The van der Waals surface area contributed by atoms with Gasteiger partial charge in [-0.2, -0.15) is 0 Å². The minimum absolute atomic E-state index is 0.408. The molecule has 1 aromatic carbocycles. The zero-order valence-electron chi connectivity index (χ0n) is 11.4. The molecule has 21 heavy (non-hydrogen) atoms. The van der Waals surface area contributed by atoms with Gasteiger partial charge in [-0.3, -0.25) is 4.79 Å². The van der Waals surface area contributed by atoms with Gasteiger partial charge in [-0.1, -0.05) is 18.2 Å². The smallest absolute Gasteiger partial charge is 0.328 e. The average Bonchev–Trinajstić information content (AvgIpc) is 2.43. The van der Waals surface area contributed by atoms with E-state index in [0.717, 1.165) is 0 Å². The molecule has 0 heterocycles. The van der Waals surface area contributed by atoms with Crippen molar-refractivity contribution >= 4 is 23.6 Å². The molecule has 0 aliphatic carbocycles. The Morgan fingerprint density at radius 3 is 2.33 bits per heavy atom. The fourth-order valence-corrected chi connectivity index (χ4v) is 1.47. The van der Waals surface area contributed by atoms with Gasteiger partial charge in [0.2, 0.25) is 5.91 Å². The number of aliphatic hydroxyl groups excluding tert-OH is 1. The van der Waals surface area contributed by atoms with E-state index in [0.29, 0.717) is 5.69 Å². The number of aliphatic carboxylic acids is 1. The first-order valence-electron chi connectivity index (χ1n) is 6.20. The van der Waals surface area contributed by atoms with Gasteiger partial charge in [-0.05, 0) is 19.1 Å². The van der Waals surface area contributed by atoms with E-state index in [2.05, 4.69) is 16.0 Å². The summed E-state index contributed by atoms with van der Waals surface area (Å²) in [5, 5.41) is 24.9. The van der Waals surface area contributed by atoms with E-state index in [1.54, 1.807) is 30.3 Å². The lowest BCUT2D eigenvalue weighted by atomic mass is 10.2. The van der Waals surface area contributed by atoms with Gasteiger partial charge in [-0.25, -0.2) is 9.59 Å². The first kappa shape index (κ1) is 16.4. The molecular formula is C13H17N3O5. The summed E-state index contributed by atoms with van der Waals surface area (Å²) in [6.07, 6.45) is -1.25. The maximum absolute atomic E-state index is 11.5. The Hall–Kier alpha value is -2.61. The second-order valence-corrected chi connectivity index (χ2v) is 4.30. The number of urea groups is 1. The zero-order valence-corrected chi connectivity index (χ0v) is 11.4. The van der Waals surface area contributed by atoms with Crippen molar-refractivity contribution in [2.24, 2.45) is 0 Å². The highest BCUT2D eigenvalue weighted by Gasteiger charge is 2.24. The summed E-state index contributed by atoms with van der Waals surface area (Å²) in [5.74, 6) is -2.07. The van der Waals surface area contributed by atoms with Crippen LogP contribution in [0.2, 0.25) is 0 Å². The van der Waals surface area contributed by atoms with Crippen LogP contribution in [0.15, 0.2) is 30.3 Å². The number of carboxylic acids is 1. The largest absolute Gasteiger partial charge is 0.480 e. The summed E-state index contributed by atoms with van der Waals surface area (Å²) in [5.41, 5.74) is 0.558. The number of carbonyl (C=O) groups excluding carboxylic acids is 2. The van der Waals surface area contributed by atoms with E-state index >= 15 is 0 Å². The van der Waals surface area contributed by atoms with Crippen LogP contribution in [0.25, 0.3) is 0 Å². The Kier molecular flexibility index (Phi) is 6.15. The minimum atomic E-state index is -1.42. The van der Waals surface area contributed by atoms with Crippen molar-refractivity contribution in [2.75, 3.05) is 11.9 Å². The van der Waals surface area contributed by atoms with Gasteiger partial charge in [0, 0.05) is 5.69 Å². The number of para-hydroxylation sites is 1. The maximum Gasteiger partial charge on any atom is 0.328 e. The van der Waals surface area contributed by atoms with Crippen LogP contribution in [0.1, 0.15) is 6.92 Å². The number of hydrogen-bond acceptors (Lipinski definition) is 4. The fourth-order valence-electron chi connectivity index (χ4n) is 1.47. The highest BCUT2D eigenvalue weighted by atomic mass is 16.4. The van der Waals surface area contributed by atoms with Gasteiger partial charge in [0.1, 0.15) is 0 Å². The average molecular weight is 295 g/mol. The molecule has 2 atom stereocenters. The number of rotatable bonds is 6. The molecule has 1 aromatic rings. The van der Waals surface area contributed by atoms with Gasteiger partial charge in [0.05, 0.1) is 12.6 Å². The third-order valence-electron chi connectivity index (χ3n) is 2.51. The lowest BCUT2D eigenvalue weighted by molar-refractivity contribution is -0.144. The van der Waals surface area contributed by atoms with Crippen molar-refractivity contribution in [3.8, 4) is 0 Å². The molecule has 0 radical (unpaired) electrons. The Labute approximate surface area is 121 Å². The van der Waals surface area contributed by atoms with Crippen molar-refractivity contribution in [1.29, 1.82) is 0 Å². The molecule has 2 unspecified atom stereocenters. The quantitative estimate of drug-likeness (QED) is 0.495. The minimum Gasteiger partial charge on any atom is -0.480 e. The lowest BCUT2D eigenvalue weighted by Crippen LogP contribution is -2.50. The van der Waals surface area contributed by atoms with Crippen LogP contribution in [0.3, 0.4) is 0 Å². The summed E-state index contributed by atoms with van der Waals surface area (Å²) < 4.78 is 0. The highest BCUT2D eigenvalue weighted by Crippen LogP contribution is 2.03. The van der Waals surface area contributed by atoms with Gasteiger partial charge < -0.3 is 26.2 Å². The normalized spacial score (nSPS) is 12.9. The van der Waals surface area contributed by atoms with Crippen molar-refractivity contribution in [3.63, 3.8) is 0 Å². The zero-order chi connectivity index (χ0) is 15.8. The number of nitrogens with one attached hydrogen (secondary N) is 3. The molecule has 8 nitrogen and oxygen atoms in total.